The third-order valence-electron chi connectivity index (χ3n) is 3.35. The normalized spacial score (nSPS) is 11.0. The summed E-state index contributed by atoms with van der Waals surface area (Å²) < 4.78 is 6.83. The number of nitrogens with one attached hydrogen (secondary N) is 1. The highest BCUT2D eigenvalue weighted by atomic mass is 35.5. The van der Waals surface area contributed by atoms with E-state index in [1.165, 1.54) is 6.33 Å². The molecule has 0 unspecified atom stereocenters. The van der Waals surface area contributed by atoms with Crippen molar-refractivity contribution < 1.29 is 4.74 Å². The Hall–Kier alpha value is -2.18. The fourth-order valence-electron chi connectivity index (χ4n) is 2.29. The summed E-state index contributed by atoms with van der Waals surface area (Å²) >= 11 is 6.02. The number of ether oxygens (including phenoxy) is 1. The Kier molecular flexibility index (Phi) is 4.22. The quantitative estimate of drug-likeness (QED) is 0.733. The molecule has 6 nitrogen and oxygen atoms in total. The lowest BCUT2D eigenvalue weighted by atomic mass is 10.2. The second-order valence-corrected chi connectivity index (χ2v) is 5.30. The van der Waals surface area contributed by atoms with Crippen LogP contribution >= 0.6 is 11.6 Å². The molecule has 1 N–H and O–H groups in total. The largest absolute Gasteiger partial charge is 0.383 e. The average Bonchev–Trinajstić information content (AvgIpc) is 2.92. The molecule has 0 aliphatic rings. The first-order valence-corrected chi connectivity index (χ1v) is 7.26. The van der Waals surface area contributed by atoms with Crippen molar-refractivity contribution in [2.75, 3.05) is 25.6 Å². The molecule has 0 atom stereocenters. The van der Waals surface area contributed by atoms with Gasteiger partial charge in [-0.1, -0.05) is 11.6 Å². The predicted octanol–water partition coefficient (Wildman–Crippen LogP) is 2.84. The van der Waals surface area contributed by atoms with Gasteiger partial charge in [-0.25, -0.2) is 14.6 Å². The van der Waals surface area contributed by atoms with Crippen LogP contribution in [0.15, 0.2) is 30.7 Å². The number of hydrogen-bond acceptors (Lipinski definition) is 5. The number of hydrogen-bond donors (Lipinski definition) is 1. The van der Waals surface area contributed by atoms with Gasteiger partial charge < -0.3 is 10.1 Å². The van der Waals surface area contributed by atoms with Crippen LogP contribution in [-0.2, 0) is 4.74 Å². The third kappa shape index (κ3) is 2.75. The minimum atomic E-state index is 0.607. The average molecular weight is 318 g/mol. The van der Waals surface area contributed by atoms with Crippen molar-refractivity contribution in [1.29, 1.82) is 0 Å². The number of rotatable bonds is 5. The molecular weight excluding hydrogens is 302 g/mol. The van der Waals surface area contributed by atoms with E-state index in [2.05, 4.69) is 20.4 Å². The van der Waals surface area contributed by atoms with Gasteiger partial charge in [0.05, 0.1) is 23.9 Å². The van der Waals surface area contributed by atoms with Crippen molar-refractivity contribution in [3.8, 4) is 5.69 Å². The molecule has 0 amide bonds. The van der Waals surface area contributed by atoms with E-state index >= 15 is 0 Å². The Morgan fingerprint density at radius 1 is 1.32 bits per heavy atom. The van der Waals surface area contributed by atoms with Crippen molar-refractivity contribution in [3.05, 3.63) is 41.3 Å². The van der Waals surface area contributed by atoms with Crippen molar-refractivity contribution in [1.82, 2.24) is 19.7 Å². The zero-order valence-corrected chi connectivity index (χ0v) is 13.1. The van der Waals surface area contributed by atoms with E-state index in [-0.39, 0.29) is 0 Å². The van der Waals surface area contributed by atoms with Gasteiger partial charge in [0.2, 0.25) is 0 Å². The molecule has 1 aromatic carbocycles. The summed E-state index contributed by atoms with van der Waals surface area (Å²) in [6.45, 7) is 3.28. The van der Waals surface area contributed by atoms with E-state index < -0.39 is 0 Å². The first kappa shape index (κ1) is 14.7. The van der Waals surface area contributed by atoms with Crippen LogP contribution < -0.4 is 5.32 Å². The van der Waals surface area contributed by atoms with E-state index in [1.807, 2.05) is 25.1 Å². The van der Waals surface area contributed by atoms with E-state index in [9.17, 15) is 0 Å². The zero-order chi connectivity index (χ0) is 15.5. The lowest BCUT2D eigenvalue weighted by molar-refractivity contribution is 0.210. The minimum absolute atomic E-state index is 0.607. The smallest absolute Gasteiger partial charge is 0.168 e. The molecule has 0 radical (unpaired) electrons. The lowest BCUT2D eigenvalue weighted by Crippen LogP contribution is -2.09. The summed E-state index contributed by atoms with van der Waals surface area (Å²) in [7, 11) is 1.67. The topological polar surface area (TPSA) is 64.9 Å². The summed E-state index contributed by atoms with van der Waals surface area (Å²) in [5.41, 5.74) is 2.73. The Bertz CT molecular complexity index is 802. The molecule has 2 aromatic heterocycles. The van der Waals surface area contributed by atoms with Crippen LogP contribution in [0.25, 0.3) is 16.7 Å². The van der Waals surface area contributed by atoms with Crippen LogP contribution in [0.4, 0.5) is 5.82 Å². The highest BCUT2D eigenvalue weighted by molar-refractivity contribution is 6.30. The maximum atomic E-state index is 6.02. The number of aromatic nitrogens is 4. The Labute approximate surface area is 133 Å². The van der Waals surface area contributed by atoms with Crippen molar-refractivity contribution >= 4 is 28.5 Å². The van der Waals surface area contributed by atoms with Crippen LogP contribution in [-0.4, -0.2) is 40.0 Å². The zero-order valence-electron chi connectivity index (χ0n) is 12.4. The number of aryl methyl sites for hydroxylation is 1. The summed E-state index contributed by atoms with van der Waals surface area (Å²) in [6, 6.07) is 5.68. The van der Waals surface area contributed by atoms with Gasteiger partial charge in [0.25, 0.3) is 0 Å². The number of halogens is 1. The van der Waals surface area contributed by atoms with Gasteiger partial charge in [0.15, 0.2) is 5.65 Å². The summed E-state index contributed by atoms with van der Waals surface area (Å²) in [5, 5.41) is 9.24. The molecule has 114 valence electrons. The number of nitrogens with zero attached hydrogens (tertiary/aromatic N) is 4. The van der Waals surface area contributed by atoms with Crippen molar-refractivity contribution in [2.45, 2.75) is 6.92 Å². The maximum absolute atomic E-state index is 6.02. The standard InChI is InChI=1S/C15H16ClN5O/c1-10-7-11(16)3-4-13(10)21-15-12(8-20-21)14(18-9-19-15)17-5-6-22-2/h3-4,7-9H,5-6H2,1-2H3,(H,17,18,19). The molecule has 0 saturated carbocycles. The molecule has 0 aliphatic carbocycles. The number of fused-ring (bicyclic) bond motifs is 1. The van der Waals surface area contributed by atoms with Gasteiger partial charge in [0.1, 0.15) is 12.1 Å². The highest BCUT2D eigenvalue weighted by Crippen LogP contribution is 2.24. The predicted molar refractivity (Wildman–Crippen MR) is 86.8 cm³/mol. The van der Waals surface area contributed by atoms with Gasteiger partial charge in [0, 0.05) is 18.7 Å². The Balaban J connectivity index is 2.03. The lowest BCUT2D eigenvalue weighted by Gasteiger charge is -2.08. The minimum Gasteiger partial charge on any atom is -0.383 e. The van der Waals surface area contributed by atoms with Gasteiger partial charge in [-0.3, -0.25) is 0 Å². The first-order chi connectivity index (χ1) is 10.7. The van der Waals surface area contributed by atoms with Crippen molar-refractivity contribution in [3.63, 3.8) is 0 Å². The van der Waals surface area contributed by atoms with Crippen LogP contribution in [0.1, 0.15) is 5.56 Å². The second-order valence-electron chi connectivity index (χ2n) is 4.87. The van der Waals surface area contributed by atoms with E-state index in [4.69, 9.17) is 16.3 Å². The van der Waals surface area contributed by atoms with Crippen LogP contribution in [0, 0.1) is 6.92 Å². The Morgan fingerprint density at radius 2 is 2.18 bits per heavy atom. The number of anilines is 1. The van der Waals surface area contributed by atoms with Gasteiger partial charge in [-0.15, -0.1) is 0 Å². The van der Waals surface area contributed by atoms with Gasteiger partial charge in [-0.05, 0) is 30.7 Å². The molecule has 2 heterocycles. The summed E-state index contributed by atoms with van der Waals surface area (Å²) in [4.78, 5) is 8.63. The van der Waals surface area contributed by atoms with E-state index in [0.717, 1.165) is 28.1 Å². The molecule has 0 spiro atoms. The summed E-state index contributed by atoms with van der Waals surface area (Å²) in [6.07, 6.45) is 3.29. The molecule has 0 fully saturated rings. The fraction of sp³-hybridized carbons (Fsp3) is 0.267. The van der Waals surface area contributed by atoms with Gasteiger partial charge in [-0.2, -0.15) is 5.10 Å². The van der Waals surface area contributed by atoms with E-state index in [0.29, 0.717) is 18.2 Å². The molecule has 22 heavy (non-hydrogen) atoms. The molecule has 0 aliphatic heterocycles. The molecule has 3 rings (SSSR count). The van der Waals surface area contributed by atoms with Gasteiger partial charge >= 0.3 is 0 Å². The summed E-state index contributed by atoms with van der Waals surface area (Å²) in [5.74, 6) is 0.750. The van der Waals surface area contributed by atoms with E-state index in [1.54, 1.807) is 18.0 Å². The molecule has 3 aromatic rings. The molecular formula is C15H16ClN5O. The van der Waals surface area contributed by atoms with Crippen LogP contribution in [0.5, 0.6) is 0 Å². The Morgan fingerprint density at radius 3 is 2.95 bits per heavy atom. The molecule has 7 heteroatoms. The van der Waals surface area contributed by atoms with Crippen molar-refractivity contribution in [2.24, 2.45) is 0 Å². The monoisotopic (exact) mass is 317 g/mol. The first-order valence-electron chi connectivity index (χ1n) is 6.89. The number of benzene rings is 1. The highest BCUT2D eigenvalue weighted by Gasteiger charge is 2.12. The number of methoxy groups -OCH3 is 1. The van der Waals surface area contributed by atoms with Crippen LogP contribution in [0.2, 0.25) is 5.02 Å². The molecule has 0 bridgehead atoms. The van der Waals surface area contributed by atoms with Crippen LogP contribution in [0.3, 0.4) is 0 Å². The maximum Gasteiger partial charge on any atom is 0.168 e. The third-order valence-corrected chi connectivity index (χ3v) is 3.59. The fourth-order valence-corrected chi connectivity index (χ4v) is 2.52. The second kappa shape index (κ2) is 6.29. The SMILES string of the molecule is COCCNc1ncnc2c1cnn2-c1ccc(Cl)cc1C. The molecule has 0 saturated heterocycles.